The Morgan fingerprint density at radius 2 is 1.55 bits per heavy atom. The van der Waals surface area contributed by atoms with Crippen molar-refractivity contribution in [3.05, 3.63) is 92.9 Å². The molecular weight excluding hydrogens is 388 g/mol. The molecule has 0 N–H and O–H groups in total. The zero-order chi connectivity index (χ0) is 22.1. The Morgan fingerprint density at radius 3 is 2.26 bits per heavy atom. The van der Waals surface area contributed by atoms with Gasteiger partial charge in [0, 0.05) is 12.6 Å². The molecule has 158 valence electrons. The number of aryl methyl sites for hydroxylation is 5. The molecule has 0 spiro atoms. The Labute approximate surface area is 181 Å². The van der Waals surface area contributed by atoms with Crippen molar-refractivity contribution in [3.63, 3.8) is 0 Å². The van der Waals surface area contributed by atoms with Gasteiger partial charge < -0.3 is 4.74 Å². The van der Waals surface area contributed by atoms with E-state index in [0.717, 1.165) is 28.0 Å². The molecule has 4 aromatic rings. The van der Waals surface area contributed by atoms with Gasteiger partial charge in [-0.3, -0.25) is 0 Å². The van der Waals surface area contributed by atoms with Crippen LogP contribution in [0.3, 0.4) is 0 Å². The lowest BCUT2D eigenvalue weighted by Gasteiger charge is -2.17. The van der Waals surface area contributed by atoms with Crippen molar-refractivity contribution in [2.45, 2.75) is 34.3 Å². The highest BCUT2D eigenvalue weighted by molar-refractivity contribution is 5.72. The van der Waals surface area contributed by atoms with Crippen LogP contribution in [0.4, 0.5) is 0 Å². The van der Waals surface area contributed by atoms with Crippen molar-refractivity contribution in [1.29, 1.82) is 0 Å². The summed E-state index contributed by atoms with van der Waals surface area (Å²) in [5, 5.41) is 7.82. The number of hydrogen-bond acceptors (Lipinski definition) is 4. The fraction of sp³-hybridized carbons (Fsp3) is 0.240. The van der Waals surface area contributed by atoms with E-state index in [0.29, 0.717) is 12.3 Å². The highest BCUT2D eigenvalue weighted by atomic mass is 16.5. The third kappa shape index (κ3) is 3.89. The van der Waals surface area contributed by atoms with Crippen molar-refractivity contribution in [2.75, 3.05) is 0 Å². The lowest BCUT2D eigenvalue weighted by molar-refractivity contribution is 0.302. The number of ether oxygens (including phenoxy) is 1. The minimum atomic E-state index is -0.290. The average Bonchev–Trinajstić information content (AvgIpc) is 3.08. The molecule has 0 saturated heterocycles. The summed E-state index contributed by atoms with van der Waals surface area (Å²) in [7, 11) is 1.58. The molecule has 0 saturated carbocycles. The summed E-state index contributed by atoms with van der Waals surface area (Å²) in [6.45, 7) is 8.62. The summed E-state index contributed by atoms with van der Waals surface area (Å²) in [4.78, 5) is 12.4. The Kier molecular flexibility index (Phi) is 5.46. The number of aromatic nitrogens is 4. The molecule has 0 amide bonds. The maximum absolute atomic E-state index is 12.4. The van der Waals surface area contributed by atoms with E-state index in [1.54, 1.807) is 7.05 Å². The molecule has 3 aromatic carbocycles. The fourth-order valence-corrected chi connectivity index (χ4v) is 3.80. The molecule has 0 aliphatic heterocycles. The lowest BCUT2D eigenvalue weighted by atomic mass is 9.95. The molecule has 31 heavy (non-hydrogen) atoms. The third-order valence-corrected chi connectivity index (χ3v) is 5.66. The van der Waals surface area contributed by atoms with Crippen LogP contribution in [0.5, 0.6) is 5.75 Å². The van der Waals surface area contributed by atoms with Crippen molar-refractivity contribution in [3.8, 4) is 22.6 Å². The molecule has 0 radical (unpaired) electrons. The van der Waals surface area contributed by atoms with E-state index in [4.69, 9.17) is 4.74 Å². The van der Waals surface area contributed by atoms with E-state index in [1.807, 2.05) is 25.1 Å². The van der Waals surface area contributed by atoms with Gasteiger partial charge in [0.1, 0.15) is 12.4 Å². The van der Waals surface area contributed by atoms with Crippen LogP contribution in [-0.4, -0.2) is 19.8 Å². The molecule has 1 heterocycles. The second kappa shape index (κ2) is 8.22. The first-order chi connectivity index (χ1) is 14.9. The van der Waals surface area contributed by atoms with Crippen molar-refractivity contribution in [2.24, 2.45) is 7.05 Å². The molecule has 4 rings (SSSR count). The van der Waals surface area contributed by atoms with Crippen LogP contribution in [0.15, 0.2) is 59.4 Å². The van der Waals surface area contributed by atoms with Gasteiger partial charge in [0.25, 0.3) is 0 Å². The number of hydrogen-bond donors (Lipinski definition) is 0. The van der Waals surface area contributed by atoms with E-state index < -0.39 is 0 Å². The summed E-state index contributed by atoms with van der Waals surface area (Å²) >= 11 is 0. The Bertz CT molecular complexity index is 1320. The van der Waals surface area contributed by atoms with Crippen LogP contribution in [0.25, 0.3) is 16.8 Å². The Hall–Kier alpha value is -3.67. The van der Waals surface area contributed by atoms with Crippen molar-refractivity contribution >= 4 is 0 Å². The highest BCUT2D eigenvalue weighted by Gasteiger charge is 2.15. The van der Waals surface area contributed by atoms with Crippen LogP contribution < -0.4 is 10.4 Å². The largest absolute Gasteiger partial charge is 0.489 e. The maximum Gasteiger partial charge on any atom is 0.368 e. The minimum Gasteiger partial charge on any atom is -0.489 e. The second-order valence-corrected chi connectivity index (χ2v) is 7.91. The summed E-state index contributed by atoms with van der Waals surface area (Å²) < 4.78 is 8.77. The SMILES string of the molecule is Cc1cc(-c2ccccc2C)c(C)cc1OCc1c(C)cccc1-n1nnn(C)c1=O. The van der Waals surface area contributed by atoms with Gasteiger partial charge in [-0.2, -0.15) is 9.36 Å². The van der Waals surface area contributed by atoms with Gasteiger partial charge in [0.15, 0.2) is 0 Å². The molecule has 0 aliphatic carbocycles. The van der Waals surface area contributed by atoms with E-state index in [2.05, 4.69) is 67.6 Å². The van der Waals surface area contributed by atoms with E-state index >= 15 is 0 Å². The van der Waals surface area contributed by atoms with Crippen LogP contribution in [0.1, 0.15) is 27.8 Å². The standard InChI is InChI=1S/C25H26N4O2/c1-16-9-6-7-11-20(16)21-13-19(4)24(14-18(21)3)31-15-22-17(2)10-8-12-23(22)29-25(30)28(5)26-27-29/h6-14H,15H2,1-5H3. The molecule has 6 nitrogen and oxygen atoms in total. The fourth-order valence-electron chi connectivity index (χ4n) is 3.80. The topological polar surface area (TPSA) is 61.9 Å². The second-order valence-electron chi connectivity index (χ2n) is 7.91. The molecule has 0 unspecified atom stereocenters. The molecular formula is C25H26N4O2. The zero-order valence-corrected chi connectivity index (χ0v) is 18.5. The van der Waals surface area contributed by atoms with E-state index in [9.17, 15) is 4.79 Å². The molecule has 1 aromatic heterocycles. The van der Waals surface area contributed by atoms with Crippen LogP contribution in [-0.2, 0) is 13.7 Å². The molecule has 0 bridgehead atoms. The first-order valence-corrected chi connectivity index (χ1v) is 10.2. The van der Waals surface area contributed by atoms with Gasteiger partial charge in [-0.1, -0.05) is 36.4 Å². The summed E-state index contributed by atoms with van der Waals surface area (Å²) in [6, 6.07) is 18.4. The molecule has 0 fully saturated rings. The van der Waals surface area contributed by atoms with Crippen LogP contribution in [0, 0.1) is 27.7 Å². The predicted molar refractivity (Wildman–Crippen MR) is 122 cm³/mol. The third-order valence-electron chi connectivity index (χ3n) is 5.66. The van der Waals surface area contributed by atoms with Gasteiger partial charge in [0.2, 0.25) is 0 Å². The minimum absolute atomic E-state index is 0.290. The maximum atomic E-state index is 12.4. The quantitative estimate of drug-likeness (QED) is 0.484. The van der Waals surface area contributed by atoms with Gasteiger partial charge in [-0.15, -0.1) is 0 Å². The monoisotopic (exact) mass is 414 g/mol. The van der Waals surface area contributed by atoms with Gasteiger partial charge in [-0.25, -0.2) is 4.79 Å². The van der Waals surface area contributed by atoms with Gasteiger partial charge in [0.05, 0.1) is 5.69 Å². The normalized spacial score (nSPS) is 11.0. The number of rotatable bonds is 5. The number of benzene rings is 3. The highest BCUT2D eigenvalue weighted by Crippen LogP contribution is 2.32. The van der Waals surface area contributed by atoms with Gasteiger partial charge in [-0.05, 0) is 89.7 Å². The smallest absolute Gasteiger partial charge is 0.368 e. The van der Waals surface area contributed by atoms with Crippen LogP contribution in [0.2, 0.25) is 0 Å². The Balaban J connectivity index is 1.67. The van der Waals surface area contributed by atoms with E-state index in [-0.39, 0.29) is 5.69 Å². The van der Waals surface area contributed by atoms with Crippen molar-refractivity contribution < 1.29 is 4.74 Å². The first kappa shape index (κ1) is 20.6. The number of tetrazole rings is 1. The zero-order valence-electron chi connectivity index (χ0n) is 18.5. The number of nitrogens with zero attached hydrogens (tertiary/aromatic N) is 4. The predicted octanol–water partition coefficient (Wildman–Crippen LogP) is 4.45. The first-order valence-electron chi connectivity index (χ1n) is 10.2. The van der Waals surface area contributed by atoms with Crippen LogP contribution >= 0.6 is 0 Å². The van der Waals surface area contributed by atoms with Gasteiger partial charge >= 0.3 is 5.69 Å². The lowest BCUT2D eigenvalue weighted by Crippen LogP contribution is -2.23. The summed E-state index contributed by atoms with van der Waals surface area (Å²) in [5.41, 5.74) is 8.25. The summed E-state index contributed by atoms with van der Waals surface area (Å²) in [5.74, 6) is 0.829. The Morgan fingerprint density at radius 1 is 0.806 bits per heavy atom. The average molecular weight is 415 g/mol. The summed E-state index contributed by atoms with van der Waals surface area (Å²) in [6.07, 6.45) is 0. The van der Waals surface area contributed by atoms with E-state index in [1.165, 1.54) is 26.1 Å². The van der Waals surface area contributed by atoms with Crippen molar-refractivity contribution in [1.82, 2.24) is 19.8 Å². The molecule has 0 aliphatic rings. The molecule has 6 heteroatoms. The molecule has 0 atom stereocenters.